The average Bonchev–Trinajstić information content (AvgIpc) is 0.971. The molecule has 4 aromatic carbocycles. The fourth-order valence-corrected chi connectivity index (χ4v) is 10.1. The van der Waals surface area contributed by atoms with E-state index < -0.39 is 143 Å². The summed E-state index contributed by atoms with van der Waals surface area (Å²) in [5.74, 6) is -0.223. The number of aliphatic hydroxyl groups is 7. The molecular weight excluding hydrogens is 1300 g/mol. The number of aryl methyl sites for hydroxylation is 2. The number of benzene rings is 4. The van der Waals surface area contributed by atoms with Crippen molar-refractivity contribution in [2.45, 2.75) is 196 Å². The Bertz CT molecular complexity index is 3590. The summed E-state index contributed by atoms with van der Waals surface area (Å²) in [7, 11) is 0. The van der Waals surface area contributed by atoms with E-state index in [-0.39, 0.29) is 71.0 Å². The maximum atomic E-state index is 13.0. The van der Waals surface area contributed by atoms with Gasteiger partial charge in [-0.15, -0.1) is 0 Å². The van der Waals surface area contributed by atoms with Gasteiger partial charge in [-0.3, -0.25) is 75.6 Å². The summed E-state index contributed by atoms with van der Waals surface area (Å²) in [6.45, 7) is 19.8. The lowest BCUT2D eigenvalue weighted by molar-refractivity contribution is -0.394. The second-order valence-electron chi connectivity index (χ2n) is 26.3. The largest absolute Gasteiger partial charge is 0.394 e. The van der Waals surface area contributed by atoms with Gasteiger partial charge in [0.2, 0.25) is 5.52 Å². The zero-order valence-electron chi connectivity index (χ0n) is 55.1. The van der Waals surface area contributed by atoms with E-state index >= 15 is 0 Å². The van der Waals surface area contributed by atoms with Gasteiger partial charge in [-0.2, -0.15) is 0 Å². The fraction of sp³-hybridized carbons (Fsp3) is 0.590. The number of non-ortho nitro benzene ring substituents is 4. The van der Waals surface area contributed by atoms with E-state index in [1.807, 2.05) is 48.5 Å². The Labute approximate surface area is 561 Å². The molecule has 5 aromatic rings. The highest BCUT2D eigenvalue weighted by Gasteiger charge is 2.50. The highest BCUT2D eigenvalue weighted by atomic mass is 16.7. The number of ether oxygens (including phenoxy) is 3. The molecular formula is C61H87N11O26. The number of fused-ring (bicyclic) bond motifs is 1. The molecule has 11 atom stereocenters. The molecule has 37 nitrogen and oxygen atoms in total. The van der Waals surface area contributed by atoms with E-state index in [0.717, 1.165) is 42.3 Å². The summed E-state index contributed by atoms with van der Waals surface area (Å²) in [5.41, 5.74) is -0.434. The highest BCUT2D eigenvalue weighted by molar-refractivity contribution is 5.91. The van der Waals surface area contributed by atoms with Gasteiger partial charge in [-0.05, 0) is 102 Å². The summed E-state index contributed by atoms with van der Waals surface area (Å²) >= 11 is 0. The molecule has 98 heavy (non-hydrogen) atoms. The van der Waals surface area contributed by atoms with E-state index in [1.165, 1.54) is 24.3 Å². The molecule has 0 bridgehead atoms. The lowest BCUT2D eigenvalue weighted by atomic mass is 9.84. The van der Waals surface area contributed by atoms with Gasteiger partial charge in [-0.25, -0.2) is 4.63 Å². The lowest BCUT2D eigenvalue weighted by Crippen LogP contribution is -2.64. The van der Waals surface area contributed by atoms with Gasteiger partial charge in [0.15, 0.2) is 12.1 Å². The number of carbonyl (C=O) groups excluding carboxylic acids is 1. The quantitative estimate of drug-likeness (QED) is 0.0159. The molecule has 0 aliphatic carbocycles. The van der Waals surface area contributed by atoms with Crippen molar-refractivity contribution in [1.82, 2.24) is 10.3 Å². The number of anilines is 2. The number of aromatic nitrogens is 2. The van der Waals surface area contributed by atoms with Crippen LogP contribution >= 0.6 is 0 Å². The Morgan fingerprint density at radius 3 is 1.57 bits per heavy atom. The van der Waals surface area contributed by atoms with Crippen LogP contribution in [0.4, 0.5) is 51.2 Å². The Balaban J connectivity index is 0.000000360. The van der Waals surface area contributed by atoms with Gasteiger partial charge in [0.25, 0.3) is 34.1 Å². The Morgan fingerprint density at radius 2 is 1.08 bits per heavy atom. The number of hydrogen-bond acceptors (Lipinski definition) is 30. The maximum absolute atomic E-state index is 13.0. The minimum atomic E-state index is -1.67. The molecule has 1 aromatic heterocycles. The predicted molar refractivity (Wildman–Crippen MR) is 351 cm³/mol. The van der Waals surface area contributed by atoms with Crippen molar-refractivity contribution < 1.29 is 93.8 Å². The molecule has 0 radical (unpaired) electrons. The van der Waals surface area contributed by atoms with Crippen molar-refractivity contribution in [3.05, 3.63) is 148 Å². The maximum Gasteiger partial charge on any atom is 0.300 e. The monoisotopic (exact) mass is 1390 g/mol. The predicted octanol–water partition coefficient (Wildman–Crippen LogP) is 8.21. The number of nitro groups is 7. The first kappa shape index (κ1) is 83.2. The Hall–Kier alpha value is -9.05. The van der Waals surface area contributed by atoms with Crippen molar-refractivity contribution >= 4 is 68.0 Å². The van der Waals surface area contributed by atoms with Crippen LogP contribution in [0.3, 0.4) is 0 Å². The molecule has 0 spiro atoms. The molecule has 0 saturated carbocycles. The van der Waals surface area contributed by atoms with E-state index in [1.54, 1.807) is 33.8 Å². The van der Waals surface area contributed by atoms with Gasteiger partial charge in [0.05, 0.1) is 78.0 Å². The fourth-order valence-electron chi connectivity index (χ4n) is 10.1. The SMILES string of the molecule is C.CC(C)(C)C(=O)[C@H](CCCCNc1ccc([N+](=O)[O-])cc1[N+](=O)[O-])Nc1ccc([N+](=O)[O-])cc1[N+](=O)[O-].CC(C)(C)CC[C@@H]1OC(CO)[C@H](O)[C@H](O[C@@H]2OC(CO)[C@H](O)[C@H](O)C2O)C1O.CCc1ccc([N+](=O)[O-])c2nonc12.Cc1cc([N+](=O)[O-])cc([N+](=O)[O-])c1CC(C)(C)C. The number of nitro benzene ring substituents is 7. The number of nitrogens with one attached hydrogen (secondary N) is 2. The van der Waals surface area contributed by atoms with Crippen LogP contribution in [0, 0.1) is 94.0 Å². The summed E-state index contributed by atoms with van der Waals surface area (Å²) in [6.07, 6.45) is -9.72. The number of unbranched alkanes of at least 4 members (excludes halogenated alkanes) is 1. The molecule has 9 N–H and O–H groups in total. The van der Waals surface area contributed by atoms with Crippen molar-refractivity contribution in [2.24, 2.45) is 16.2 Å². The van der Waals surface area contributed by atoms with E-state index in [9.17, 15) is 111 Å². The number of rotatable bonds is 24. The number of carbonyl (C=O) groups is 1. The summed E-state index contributed by atoms with van der Waals surface area (Å²) < 4.78 is 21.0. The van der Waals surface area contributed by atoms with E-state index in [2.05, 4.69) is 25.6 Å². The standard InChI is InChI=1S/C22H26N6O9.C18H34O10.C12H16N2O4.C8H7N3O3.CH4/c1-22(2,3)21(29)18(24-17-10-8-15(26(32)33)13-20(17)28(36)37)6-4-5-11-23-16-9-7-14(25(30)31)12-19(16)27(34)35;1-18(2,3)5-4-8-12(22)16(13(23)10(7-20)26-8)28-17-15(25)14(24)11(21)9(6-19)27-17;1-8-5-9(13(15)16)6-11(14(17)18)10(8)7-12(2,3)4;1-2-5-3-4-6(11(12)13)8-7(5)9-14-10-8;/h7-10,12-13,18,23-24H,4-6,11H2,1-3H3;8-17,19-25H,4-7H2,1-3H3;5-6H,7H2,1-4H3;3-4H,2H2,1H3;1H4/t18-;8-,9?,10?,11-,12?,13-,14-,15?,16+,17-;;;/m00.../s1. The molecule has 542 valence electrons. The van der Waals surface area contributed by atoms with Crippen LogP contribution in [-0.2, 0) is 31.8 Å². The average molecular weight is 1390 g/mol. The summed E-state index contributed by atoms with van der Waals surface area (Å²) in [4.78, 5) is 85.3. The highest BCUT2D eigenvalue weighted by Crippen LogP contribution is 2.37. The van der Waals surface area contributed by atoms with Crippen LogP contribution < -0.4 is 10.6 Å². The third kappa shape index (κ3) is 23.0. The molecule has 2 saturated heterocycles. The van der Waals surface area contributed by atoms with Gasteiger partial charge in [0, 0.05) is 41.8 Å². The normalized spacial score (nSPS) is 21.0. The molecule has 7 rings (SSSR count). The van der Waals surface area contributed by atoms with E-state index in [0.29, 0.717) is 48.7 Å². The van der Waals surface area contributed by atoms with Crippen LogP contribution in [0.15, 0.2) is 65.3 Å². The number of nitrogens with zero attached hydrogens (tertiary/aromatic N) is 9. The van der Waals surface area contributed by atoms with Crippen LogP contribution in [-0.4, -0.2) is 173 Å². The van der Waals surface area contributed by atoms with Crippen LogP contribution in [0.2, 0.25) is 0 Å². The second kappa shape index (κ2) is 36.0. The van der Waals surface area contributed by atoms with Crippen LogP contribution in [0.25, 0.3) is 11.0 Å². The molecule has 3 heterocycles. The van der Waals surface area contributed by atoms with E-state index in [4.69, 9.17) is 14.2 Å². The molecule has 37 heteroatoms. The number of Topliss-reactive ketones (excluding diaryl/α,β-unsaturated/α-hetero) is 1. The Morgan fingerprint density at radius 1 is 0.582 bits per heavy atom. The lowest BCUT2D eigenvalue weighted by Gasteiger charge is -2.46. The summed E-state index contributed by atoms with van der Waals surface area (Å²) in [5, 5.41) is 160. The van der Waals surface area contributed by atoms with Crippen molar-refractivity contribution in [3.8, 4) is 0 Å². The minimum Gasteiger partial charge on any atom is -0.394 e. The number of aliphatic hydroxyl groups excluding tert-OH is 7. The van der Waals surface area contributed by atoms with Crippen molar-refractivity contribution in [1.29, 1.82) is 0 Å². The third-order valence-corrected chi connectivity index (χ3v) is 15.3. The zero-order chi connectivity index (χ0) is 73.4. The summed E-state index contributed by atoms with van der Waals surface area (Å²) in [6, 6.07) is 11.0. The molecule has 2 aliphatic rings. The first-order chi connectivity index (χ1) is 45.1. The third-order valence-electron chi connectivity index (χ3n) is 15.3. The second-order valence-corrected chi connectivity index (χ2v) is 26.3. The van der Waals surface area contributed by atoms with Gasteiger partial charge >= 0.3 is 5.69 Å². The molecule has 2 fully saturated rings. The number of hydrogen-bond donors (Lipinski definition) is 9. The zero-order valence-corrected chi connectivity index (χ0v) is 55.1. The Kier molecular flexibility index (Phi) is 30.5. The van der Waals surface area contributed by atoms with Gasteiger partial charge < -0.3 is 60.6 Å². The van der Waals surface area contributed by atoms with Crippen LogP contribution in [0.5, 0.6) is 0 Å². The van der Waals surface area contributed by atoms with Crippen LogP contribution in [0.1, 0.15) is 125 Å². The molecule has 4 unspecified atom stereocenters. The minimum absolute atomic E-state index is 0. The molecule has 2 aliphatic heterocycles. The first-order valence-electron chi connectivity index (χ1n) is 30.4. The topological polar surface area (TPSA) is 551 Å². The first-order valence-corrected chi connectivity index (χ1v) is 30.4. The van der Waals surface area contributed by atoms with Crippen molar-refractivity contribution in [2.75, 3.05) is 30.4 Å². The smallest absolute Gasteiger partial charge is 0.300 e. The van der Waals surface area contributed by atoms with Gasteiger partial charge in [0.1, 0.15) is 65.7 Å². The molecule has 0 amide bonds. The number of ketones is 1. The van der Waals surface area contributed by atoms with Gasteiger partial charge in [-0.1, -0.05) is 76.7 Å². The van der Waals surface area contributed by atoms with Crippen molar-refractivity contribution in [3.63, 3.8) is 0 Å².